The van der Waals surface area contributed by atoms with Gasteiger partial charge in [-0.15, -0.1) is 10.2 Å². The number of aryl methyl sites for hydroxylation is 1. The maximum absolute atomic E-state index is 13.5. The third kappa shape index (κ3) is 6.07. The standard InChI is InChI=1S/C30H27FN4O4S/c1-3-38-28-17-22(11-16-27(28)39-19-23-9-6-8-21-7-4-5-10-26(21)23)29(18-34(36)37)40-30-33-32-20(2)35(30)25-14-12-24(31)13-15-25/h4-17,29H,3,18-19H2,1-2H3/t29-/m1/s1. The number of thioether (sulfide) groups is 1. The van der Waals surface area contributed by atoms with Gasteiger partial charge < -0.3 is 9.47 Å². The molecule has 10 heteroatoms. The summed E-state index contributed by atoms with van der Waals surface area (Å²) >= 11 is 1.22. The lowest BCUT2D eigenvalue weighted by molar-refractivity contribution is -0.479. The summed E-state index contributed by atoms with van der Waals surface area (Å²) in [6, 6.07) is 25.5. The zero-order valence-electron chi connectivity index (χ0n) is 22.0. The lowest BCUT2D eigenvalue weighted by atomic mass is 10.1. The van der Waals surface area contributed by atoms with Crippen molar-refractivity contribution in [2.24, 2.45) is 0 Å². The molecule has 5 rings (SSSR count). The Kier molecular flexibility index (Phi) is 8.26. The Hall–Kier alpha value is -4.44. The first-order valence-electron chi connectivity index (χ1n) is 12.8. The number of rotatable bonds is 11. The Bertz CT molecular complexity index is 1640. The number of nitrogens with zero attached hydrogens (tertiary/aromatic N) is 4. The maximum atomic E-state index is 13.5. The third-order valence-corrected chi connectivity index (χ3v) is 7.53. The number of fused-ring (bicyclic) bond motifs is 1. The van der Waals surface area contributed by atoms with Gasteiger partial charge in [0, 0.05) is 10.6 Å². The monoisotopic (exact) mass is 558 g/mol. The molecular weight excluding hydrogens is 531 g/mol. The molecule has 0 bridgehead atoms. The second-order valence-corrected chi connectivity index (χ2v) is 10.2. The fourth-order valence-electron chi connectivity index (χ4n) is 4.47. The average Bonchev–Trinajstić information content (AvgIpc) is 3.32. The van der Waals surface area contributed by atoms with E-state index >= 15 is 0 Å². The van der Waals surface area contributed by atoms with Gasteiger partial charge in [-0.25, -0.2) is 4.39 Å². The van der Waals surface area contributed by atoms with Crippen LogP contribution in [0.5, 0.6) is 11.5 Å². The summed E-state index contributed by atoms with van der Waals surface area (Å²) in [4.78, 5) is 11.3. The molecule has 5 aromatic rings. The number of aromatic nitrogens is 3. The third-order valence-electron chi connectivity index (χ3n) is 6.35. The molecule has 8 nitrogen and oxygen atoms in total. The van der Waals surface area contributed by atoms with Crippen LogP contribution in [0.3, 0.4) is 0 Å². The molecule has 0 amide bonds. The summed E-state index contributed by atoms with van der Waals surface area (Å²) in [6.45, 7) is 4.05. The van der Waals surface area contributed by atoms with Gasteiger partial charge in [-0.2, -0.15) is 0 Å². The van der Waals surface area contributed by atoms with Crippen LogP contribution in [0.4, 0.5) is 4.39 Å². The zero-order chi connectivity index (χ0) is 28.1. The molecule has 0 N–H and O–H groups in total. The molecule has 0 spiro atoms. The van der Waals surface area contributed by atoms with Gasteiger partial charge in [0.15, 0.2) is 16.7 Å². The summed E-state index contributed by atoms with van der Waals surface area (Å²) in [6.07, 6.45) is 0. The minimum atomic E-state index is -0.593. The minimum Gasteiger partial charge on any atom is -0.490 e. The van der Waals surface area contributed by atoms with Crippen molar-refractivity contribution in [2.75, 3.05) is 13.2 Å². The quantitative estimate of drug-likeness (QED) is 0.0983. The molecule has 0 aliphatic heterocycles. The fraction of sp³-hybridized carbons (Fsp3) is 0.200. The Morgan fingerprint density at radius 3 is 2.52 bits per heavy atom. The molecule has 0 saturated heterocycles. The van der Waals surface area contributed by atoms with Crippen molar-refractivity contribution < 1.29 is 18.8 Å². The van der Waals surface area contributed by atoms with E-state index in [2.05, 4.69) is 28.4 Å². The SMILES string of the molecule is CCOc1cc([C@@H](C[N+](=O)[O-])Sc2nnc(C)n2-c2ccc(F)cc2)ccc1OCc1cccc2ccccc12. The number of hydrogen-bond donors (Lipinski definition) is 0. The van der Waals surface area contributed by atoms with E-state index in [1.807, 2.05) is 37.3 Å². The van der Waals surface area contributed by atoms with Crippen LogP contribution in [0.25, 0.3) is 16.5 Å². The van der Waals surface area contributed by atoms with Gasteiger partial charge in [-0.1, -0.05) is 60.3 Å². The molecule has 4 aromatic carbocycles. The molecule has 0 aliphatic rings. The molecule has 204 valence electrons. The zero-order valence-corrected chi connectivity index (χ0v) is 22.8. The first-order chi connectivity index (χ1) is 19.4. The van der Waals surface area contributed by atoms with Crippen LogP contribution in [0.2, 0.25) is 0 Å². The predicted octanol–water partition coefficient (Wildman–Crippen LogP) is 6.96. The second-order valence-electron chi connectivity index (χ2n) is 9.03. The van der Waals surface area contributed by atoms with Gasteiger partial charge >= 0.3 is 0 Å². The van der Waals surface area contributed by atoms with E-state index in [0.717, 1.165) is 16.3 Å². The largest absolute Gasteiger partial charge is 0.490 e. The molecule has 1 heterocycles. The van der Waals surface area contributed by atoms with Gasteiger partial charge in [-0.05, 0) is 72.1 Å². The highest BCUT2D eigenvalue weighted by Crippen LogP contribution is 2.40. The van der Waals surface area contributed by atoms with Gasteiger partial charge in [0.1, 0.15) is 23.5 Å². The first-order valence-corrected chi connectivity index (χ1v) is 13.6. The smallest absolute Gasteiger partial charge is 0.220 e. The van der Waals surface area contributed by atoms with E-state index < -0.39 is 5.25 Å². The highest BCUT2D eigenvalue weighted by Gasteiger charge is 2.25. The summed E-state index contributed by atoms with van der Waals surface area (Å²) in [5, 5.41) is 22.2. The predicted molar refractivity (Wildman–Crippen MR) is 152 cm³/mol. The van der Waals surface area contributed by atoms with Crippen LogP contribution in [0, 0.1) is 22.9 Å². The summed E-state index contributed by atoms with van der Waals surface area (Å²) in [5.74, 6) is 1.28. The number of hydrogen-bond acceptors (Lipinski definition) is 7. The minimum absolute atomic E-state index is 0.341. The van der Waals surface area contributed by atoms with Gasteiger partial charge in [0.25, 0.3) is 0 Å². The van der Waals surface area contributed by atoms with E-state index in [1.54, 1.807) is 35.8 Å². The van der Waals surface area contributed by atoms with Crippen LogP contribution in [-0.2, 0) is 6.61 Å². The Morgan fingerprint density at radius 1 is 0.975 bits per heavy atom. The molecule has 40 heavy (non-hydrogen) atoms. The average molecular weight is 559 g/mol. The van der Waals surface area contributed by atoms with E-state index in [4.69, 9.17) is 9.47 Å². The van der Waals surface area contributed by atoms with E-state index in [9.17, 15) is 14.5 Å². The van der Waals surface area contributed by atoms with Crippen LogP contribution in [0.1, 0.15) is 29.1 Å². The topological polar surface area (TPSA) is 92.3 Å². The summed E-state index contributed by atoms with van der Waals surface area (Å²) in [7, 11) is 0. The Morgan fingerprint density at radius 2 is 1.75 bits per heavy atom. The Labute approximate surface area is 234 Å². The lowest BCUT2D eigenvalue weighted by Gasteiger charge is -2.18. The number of ether oxygens (including phenoxy) is 2. The van der Waals surface area contributed by atoms with Crippen molar-refractivity contribution in [1.82, 2.24) is 14.8 Å². The molecule has 0 aliphatic carbocycles. The van der Waals surface area contributed by atoms with Crippen LogP contribution < -0.4 is 9.47 Å². The molecule has 1 aromatic heterocycles. The molecule has 0 radical (unpaired) electrons. The van der Waals surface area contributed by atoms with Crippen LogP contribution in [0.15, 0.2) is 90.1 Å². The molecule has 1 atom stereocenters. The van der Waals surface area contributed by atoms with Crippen molar-refractivity contribution >= 4 is 22.5 Å². The highest BCUT2D eigenvalue weighted by atomic mass is 32.2. The molecule has 0 saturated carbocycles. The molecule has 0 fully saturated rings. The van der Waals surface area contributed by atoms with Crippen molar-refractivity contribution in [1.29, 1.82) is 0 Å². The molecular formula is C30H27FN4O4S. The van der Waals surface area contributed by atoms with Crippen molar-refractivity contribution in [3.8, 4) is 17.2 Å². The maximum Gasteiger partial charge on any atom is 0.220 e. The van der Waals surface area contributed by atoms with E-state index in [-0.39, 0.29) is 17.3 Å². The normalized spacial score (nSPS) is 11.9. The first kappa shape index (κ1) is 27.1. The van der Waals surface area contributed by atoms with Crippen LogP contribution in [-0.4, -0.2) is 32.8 Å². The van der Waals surface area contributed by atoms with Gasteiger partial charge in [0.05, 0.1) is 6.61 Å². The second kappa shape index (κ2) is 12.2. The van der Waals surface area contributed by atoms with Crippen LogP contribution >= 0.6 is 11.8 Å². The van der Waals surface area contributed by atoms with E-state index in [0.29, 0.717) is 46.9 Å². The number of halogens is 1. The van der Waals surface area contributed by atoms with Gasteiger partial charge in [-0.3, -0.25) is 14.7 Å². The van der Waals surface area contributed by atoms with E-state index in [1.165, 1.54) is 23.9 Å². The van der Waals surface area contributed by atoms with Crippen molar-refractivity contribution in [3.63, 3.8) is 0 Å². The molecule has 0 unspecified atom stereocenters. The Balaban J connectivity index is 1.43. The fourth-order valence-corrected chi connectivity index (χ4v) is 5.63. The number of nitro groups is 1. The summed E-state index contributed by atoms with van der Waals surface area (Å²) in [5.41, 5.74) is 2.40. The highest BCUT2D eigenvalue weighted by molar-refractivity contribution is 7.99. The number of benzene rings is 4. The summed E-state index contributed by atoms with van der Waals surface area (Å²) < 4.78 is 27.3. The van der Waals surface area contributed by atoms with Crippen molar-refractivity contribution in [3.05, 3.63) is 118 Å². The lowest BCUT2D eigenvalue weighted by Crippen LogP contribution is -2.12. The van der Waals surface area contributed by atoms with Crippen molar-refractivity contribution in [2.45, 2.75) is 30.9 Å². The van der Waals surface area contributed by atoms with Gasteiger partial charge in [0.2, 0.25) is 6.54 Å².